The van der Waals surface area contributed by atoms with Gasteiger partial charge in [0.15, 0.2) is 0 Å². The van der Waals surface area contributed by atoms with Gasteiger partial charge in [-0.25, -0.2) is 0 Å². The van der Waals surface area contributed by atoms with Crippen molar-refractivity contribution in [1.29, 1.82) is 0 Å². The van der Waals surface area contributed by atoms with Crippen LogP contribution < -0.4 is 9.78 Å². The summed E-state index contributed by atoms with van der Waals surface area (Å²) < 4.78 is 1.52. The number of hydrogen-bond acceptors (Lipinski definition) is 1. The van der Waals surface area contributed by atoms with Gasteiger partial charge in [0.25, 0.3) is 0 Å². The van der Waals surface area contributed by atoms with Crippen molar-refractivity contribution in [2.24, 2.45) is 5.41 Å². The average molecular weight is 268 g/mol. The van der Waals surface area contributed by atoms with Crippen molar-refractivity contribution in [3.05, 3.63) is 30.3 Å². The van der Waals surface area contributed by atoms with Crippen molar-refractivity contribution in [3.63, 3.8) is 0 Å². The second kappa shape index (κ2) is 4.69. The molecular weight excluding hydrogens is 249 g/mol. The molecule has 1 unspecified atom stereocenters. The van der Waals surface area contributed by atoms with Gasteiger partial charge >= 0.3 is 98.7 Å². The van der Waals surface area contributed by atoms with Gasteiger partial charge in [-0.1, -0.05) is 0 Å². The van der Waals surface area contributed by atoms with Crippen LogP contribution in [0.1, 0.15) is 20.3 Å². The molecule has 1 saturated heterocycles. The molecule has 1 aliphatic rings. The molecule has 2 rings (SSSR count). The van der Waals surface area contributed by atoms with Crippen LogP contribution in [-0.2, 0) is 0 Å². The Labute approximate surface area is 98.8 Å². The van der Waals surface area contributed by atoms with Crippen LogP contribution in [0.25, 0.3) is 0 Å². The van der Waals surface area contributed by atoms with Gasteiger partial charge in [-0.15, -0.1) is 0 Å². The molecular formula is C13H19NSe. The van der Waals surface area contributed by atoms with E-state index in [1.54, 1.807) is 0 Å². The Balaban J connectivity index is 1.80. The van der Waals surface area contributed by atoms with Gasteiger partial charge < -0.3 is 0 Å². The molecule has 0 bridgehead atoms. The first kappa shape index (κ1) is 11.2. The first-order valence-corrected chi connectivity index (χ1v) is 7.64. The van der Waals surface area contributed by atoms with Crippen molar-refractivity contribution < 1.29 is 0 Å². The van der Waals surface area contributed by atoms with Gasteiger partial charge in [-0.2, -0.15) is 0 Å². The summed E-state index contributed by atoms with van der Waals surface area (Å²) in [4.78, 5) is 0. The minimum atomic E-state index is 0.511. The van der Waals surface area contributed by atoms with Crippen LogP contribution in [0.15, 0.2) is 30.3 Å². The standard InChI is InChI=1S/C13H19NSe/c1-13(2)8-11(14-10-13)9-15-12-6-4-3-5-7-12/h3-7,11,14H,8-10H2,1-2H3. The third-order valence-corrected chi connectivity index (χ3v) is 5.33. The van der Waals surface area contributed by atoms with Crippen LogP contribution in [0, 0.1) is 5.41 Å². The molecule has 1 fully saturated rings. The van der Waals surface area contributed by atoms with E-state index in [0.29, 0.717) is 20.4 Å². The predicted molar refractivity (Wildman–Crippen MR) is 66.8 cm³/mol. The molecule has 15 heavy (non-hydrogen) atoms. The van der Waals surface area contributed by atoms with E-state index >= 15 is 0 Å². The molecule has 1 aromatic rings. The second-order valence-electron chi connectivity index (χ2n) is 5.07. The van der Waals surface area contributed by atoms with Gasteiger partial charge in [-0.3, -0.25) is 0 Å². The Morgan fingerprint density at radius 3 is 2.67 bits per heavy atom. The van der Waals surface area contributed by atoms with E-state index in [1.165, 1.54) is 22.7 Å². The molecule has 0 aliphatic carbocycles. The van der Waals surface area contributed by atoms with Crippen LogP contribution in [0.5, 0.6) is 0 Å². The van der Waals surface area contributed by atoms with Crippen LogP contribution in [-0.4, -0.2) is 27.5 Å². The zero-order chi connectivity index (χ0) is 10.7. The minimum absolute atomic E-state index is 0.511. The molecule has 0 amide bonds. The first-order valence-electron chi connectivity index (χ1n) is 5.57. The quantitative estimate of drug-likeness (QED) is 0.825. The van der Waals surface area contributed by atoms with Gasteiger partial charge in [-0.05, 0) is 0 Å². The molecule has 1 aliphatic heterocycles. The van der Waals surface area contributed by atoms with Crippen LogP contribution in [0.3, 0.4) is 0 Å². The van der Waals surface area contributed by atoms with Crippen molar-refractivity contribution in [2.75, 3.05) is 6.54 Å². The van der Waals surface area contributed by atoms with Crippen molar-refractivity contribution in [2.45, 2.75) is 31.6 Å². The van der Waals surface area contributed by atoms with Crippen LogP contribution in [0.4, 0.5) is 0 Å². The molecule has 82 valence electrons. The fourth-order valence-electron chi connectivity index (χ4n) is 2.06. The van der Waals surface area contributed by atoms with E-state index in [-0.39, 0.29) is 0 Å². The van der Waals surface area contributed by atoms with Crippen molar-refractivity contribution >= 4 is 19.4 Å². The summed E-state index contributed by atoms with van der Waals surface area (Å²) in [5.74, 6) is 0. The third kappa shape index (κ3) is 3.34. The van der Waals surface area contributed by atoms with E-state index in [9.17, 15) is 0 Å². The van der Waals surface area contributed by atoms with Gasteiger partial charge in [0.1, 0.15) is 0 Å². The summed E-state index contributed by atoms with van der Waals surface area (Å²) in [6.45, 7) is 5.90. The summed E-state index contributed by atoms with van der Waals surface area (Å²) in [5, 5.41) is 4.97. The predicted octanol–water partition coefficient (Wildman–Crippen LogP) is 1.82. The fourth-order valence-corrected chi connectivity index (χ4v) is 4.12. The Bertz CT molecular complexity index is 308. The van der Waals surface area contributed by atoms with E-state index in [2.05, 4.69) is 49.5 Å². The van der Waals surface area contributed by atoms with Gasteiger partial charge in [0.05, 0.1) is 0 Å². The molecule has 1 N–H and O–H groups in total. The Kier molecular flexibility index (Phi) is 3.50. The molecule has 0 aromatic heterocycles. The van der Waals surface area contributed by atoms with Gasteiger partial charge in [0, 0.05) is 0 Å². The summed E-state index contributed by atoms with van der Waals surface area (Å²) in [7, 11) is 0. The Hall–Kier alpha value is -0.301. The van der Waals surface area contributed by atoms with Gasteiger partial charge in [0.2, 0.25) is 0 Å². The van der Waals surface area contributed by atoms with Crippen molar-refractivity contribution in [1.82, 2.24) is 5.32 Å². The van der Waals surface area contributed by atoms with E-state index in [0.717, 1.165) is 6.04 Å². The van der Waals surface area contributed by atoms with Crippen LogP contribution >= 0.6 is 0 Å². The van der Waals surface area contributed by atoms with Crippen molar-refractivity contribution in [3.8, 4) is 0 Å². The number of nitrogens with one attached hydrogen (secondary N) is 1. The SMILES string of the molecule is CC1(C)CNC(C[Se]c2ccccc2)C1. The molecule has 0 saturated carbocycles. The third-order valence-electron chi connectivity index (χ3n) is 2.86. The zero-order valence-electron chi connectivity index (χ0n) is 9.49. The summed E-state index contributed by atoms with van der Waals surface area (Å²) >= 11 is 0.638. The summed E-state index contributed by atoms with van der Waals surface area (Å²) in [6.07, 6.45) is 1.33. The first-order chi connectivity index (χ1) is 7.16. The summed E-state index contributed by atoms with van der Waals surface area (Å²) in [6, 6.07) is 11.6. The number of hydrogen-bond donors (Lipinski definition) is 1. The Morgan fingerprint density at radius 2 is 2.07 bits per heavy atom. The molecule has 1 nitrogen and oxygen atoms in total. The maximum atomic E-state index is 3.63. The molecule has 0 spiro atoms. The maximum absolute atomic E-state index is 3.63. The molecule has 1 aromatic carbocycles. The molecule has 1 heterocycles. The molecule has 0 radical (unpaired) electrons. The molecule has 2 heteroatoms. The number of benzene rings is 1. The fraction of sp³-hybridized carbons (Fsp3) is 0.538. The van der Waals surface area contributed by atoms with Crippen LogP contribution in [0.2, 0.25) is 5.32 Å². The van der Waals surface area contributed by atoms with E-state index in [4.69, 9.17) is 0 Å². The Morgan fingerprint density at radius 1 is 1.33 bits per heavy atom. The molecule has 1 atom stereocenters. The number of rotatable bonds is 3. The van der Waals surface area contributed by atoms with E-state index in [1.807, 2.05) is 0 Å². The topological polar surface area (TPSA) is 12.0 Å². The second-order valence-corrected chi connectivity index (χ2v) is 7.36. The monoisotopic (exact) mass is 269 g/mol. The van der Waals surface area contributed by atoms with E-state index < -0.39 is 0 Å². The summed E-state index contributed by atoms with van der Waals surface area (Å²) in [5.41, 5.74) is 0.511. The zero-order valence-corrected chi connectivity index (χ0v) is 11.2. The normalized spacial score (nSPS) is 24.3. The average Bonchev–Trinajstić information content (AvgIpc) is 2.57.